The van der Waals surface area contributed by atoms with Crippen molar-refractivity contribution in [3.63, 3.8) is 0 Å². The second-order valence-electron chi connectivity index (χ2n) is 10.2. The van der Waals surface area contributed by atoms with Crippen molar-refractivity contribution in [1.29, 1.82) is 0 Å². The molecule has 8 nitrogen and oxygen atoms in total. The van der Waals surface area contributed by atoms with Crippen LogP contribution in [0.3, 0.4) is 0 Å². The number of aromatic nitrogens is 1. The predicted molar refractivity (Wildman–Crippen MR) is 163 cm³/mol. The molecule has 0 radical (unpaired) electrons. The largest absolute Gasteiger partial charge is 0.493 e. The molecule has 1 aliphatic heterocycles. The number of pyridine rings is 1. The van der Waals surface area contributed by atoms with Crippen LogP contribution in [0.5, 0.6) is 11.5 Å². The Morgan fingerprint density at radius 2 is 1.76 bits per heavy atom. The first-order chi connectivity index (χ1) is 20.5. The van der Waals surface area contributed by atoms with Crippen LogP contribution in [0, 0.1) is 5.82 Å². The highest BCUT2D eigenvalue weighted by Crippen LogP contribution is 2.39. The van der Waals surface area contributed by atoms with Crippen molar-refractivity contribution >= 4 is 23.2 Å². The number of urea groups is 1. The summed E-state index contributed by atoms with van der Waals surface area (Å²) in [5, 5.41) is 5.97. The molecule has 0 saturated heterocycles. The number of rotatable bonds is 10. The Balaban J connectivity index is 1.28. The molecule has 4 aromatic rings. The molecule has 5 rings (SSSR count). The quantitative estimate of drug-likeness (QED) is 0.245. The highest BCUT2D eigenvalue weighted by molar-refractivity contribution is 5.93. The maximum Gasteiger partial charge on any atom is 0.319 e. The number of nitrogens with one attached hydrogen (secondary N) is 2. The van der Waals surface area contributed by atoms with Crippen LogP contribution in [0.2, 0.25) is 0 Å². The standard InChI is InChI=1S/C33H36FN5O3/c1-38(26-8-5-4-6-9-26)32-28(10-7-16-35-32)37-33(40)36-17-19-39-18-15-24-21-30(41-2)31(42-3)22-27(24)29(39)20-23-11-13-25(34)14-12-23/h4-14,16,21-22,29H,15,17-20H2,1-3H3,(H2,36,37,40). The monoisotopic (exact) mass is 569 g/mol. The van der Waals surface area contributed by atoms with E-state index in [9.17, 15) is 9.18 Å². The fourth-order valence-electron chi connectivity index (χ4n) is 5.45. The molecule has 1 atom stereocenters. The first kappa shape index (κ1) is 28.9. The lowest BCUT2D eigenvalue weighted by molar-refractivity contribution is 0.183. The molecular formula is C33H36FN5O3. The number of nitrogens with zero attached hydrogens (tertiary/aromatic N) is 3. The fourth-order valence-corrected chi connectivity index (χ4v) is 5.45. The van der Waals surface area contributed by atoms with Gasteiger partial charge in [0.1, 0.15) is 5.82 Å². The highest BCUT2D eigenvalue weighted by Gasteiger charge is 2.29. The number of hydrogen-bond donors (Lipinski definition) is 2. The topological polar surface area (TPSA) is 79.0 Å². The van der Waals surface area contributed by atoms with Gasteiger partial charge in [0.2, 0.25) is 0 Å². The van der Waals surface area contributed by atoms with Crippen LogP contribution in [0.15, 0.2) is 85.1 Å². The fraction of sp³-hybridized carbons (Fsp3) is 0.273. The summed E-state index contributed by atoms with van der Waals surface area (Å²) in [6.07, 6.45) is 3.24. The summed E-state index contributed by atoms with van der Waals surface area (Å²) in [4.78, 5) is 21.8. The Morgan fingerprint density at radius 1 is 1.02 bits per heavy atom. The molecule has 1 unspecified atom stereocenters. The van der Waals surface area contributed by atoms with E-state index in [1.807, 2.05) is 72.6 Å². The van der Waals surface area contributed by atoms with Crippen LogP contribution in [0.25, 0.3) is 0 Å². The van der Waals surface area contributed by atoms with E-state index in [4.69, 9.17) is 9.47 Å². The number of ether oxygens (including phenoxy) is 2. The zero-order valence-corrected chi connectivity index (χ0v) is 24.1. The Bertz CT molecular complexity index is 1500. The van der Waals surface area contributed by atoms with Gasteiger partial charge in [-0.1, -0.05) is 30.3 Å². The van der Waals surface area contributed by atoms with Gasteiger partial charge in [-0.3, -0.25) is 4.90 Å². The van der Waals surface area contributed by atoms with Gasteiger partial charge in [0.25, 0.3) is 0 Å². The summed E-state index contributed by atoms with van der Waals surface area (Å²) >= 11 is 0. The van der Waals surface area contributed by atoms with Crippen molar-refractivity contribution in [1.82, 2.24) is 15.2 Å². The summed E-state index contributed by atoms with van der Waals surface area (Å²) in [6.45, 7) is 1.89. The molecule has 9 heteroatoms. The minimum Gasteiger partial charge on any atom is -0.493 e. The lowest BCUT2D eigenvalue weighted by atomic mass is 9.88. The van der Waals surface area contributed by atoms with E-state index < -0.39 is 0 Å². The second kappa shape index (κ2) is 13.4. The number of halogens is 1. The molecule has 1 aliphatic rings. The van der Waals surface area contributed by atoms with E-state index in [1.165, 1.54) is 17.7 Å². The SMILES string of the molecule is COc1cc2c(cc1OC)C(Cc1ccc(F)cc1)N(CCNC(=O)Nc1cccnc1N(C)c1ccccc1)CC2. The van der Waals surface area contributed by atoms with E-state index in [1.54, 1.807) is 26.5 Å². The third kappa shape index (κ3) is 6.63. The third-order valence-electron chi connectivity index (χ3n) is 7.64. The lowest BCUT2D eigenvalue weighted by Gasteiger charge is -2.38. The van der Waals surface area contributed by atoms with E-state index in [2.05, 4.69) is 20.5 Å². The zero-order valence-electron chi connectivity index (χ0n) is 24.1. The van der Waals surface area contributed by atoms with Crippen LogP contribution >= 0.6 is 0 Å². The number of fused-ring (bicyclic) bond motifs is 1. The minimum atomic E-state index is -0.301. The number of carbonyl (C=O) groups excluding carboxylic acids is 1. The summed E-state index contributed by atoms with van der Waals surface area (Å²) in [6, 6.07) is 23.9. The van der Waals surface area contributed by atoms with Crippen LogP contribution in [-0.2, 0) is 12.8 Å². The molecule has 3 aromatic carbocycles. The number of amides is 2. The van der Waals surface area contributed by atoms with Crippen LogP contribution in [-0.4, -0.2) is 56.8 Å². The molecule has 0 spiro atoms. The lowest BCUT2D eigenvalue weighted by Crippen LogP contribution is -2.42. The van der Waals surface area contributed by atoms with Crippen LogP contribution in [0.4, 0.5) is 26.4 Å². The van der Waals surface area contributed by atoms with Gasteiger partial charge in [-0.25, -0.2) is 14.2 Å². The van der Waals surface area contributed by atoms with Gasteiger partial charge in [-0.2, -0.15) is 0 Å². The molecule has 0 bridgehead atoms. The number of benzene rings is 3. The Morgan fingerprint density at radius 3 is 2.50 bits per heavy atom. The average molecular weight is 570 g/mol. The van der Waals surface area contributed by atoms with Crippen molar-refractivity contribution in [2.75, 3.05) is 51.1 Å². The van der Waals surface area contributed by atoms with Gasteiger partial charge in [0.05, 0.1) is 19.9 Å². The molecule has 0 fully saturated rings. The molecular weight excluding hydrogens is 533 g/mol. The summed E-state index contributed by atoms with van der Waals surface area (Å²) in [5.74, 6) is 1.77. The van der Waals surface area contributed by atoms with E-state index >= 15 is 0 Å². The zero-order chi connectivity index (χ0) is 29.5. The predicted octanol–water partition coefficient (Wildman–Crippen LogP) is 5.97. The molecule has 1 aromatic heterocycles. The maximum absolute atomic E-state index is 13.6. The van der Waals surface area contributed by atoms with Gasteiger partial charge in [-0.15, -0.1) is 0 Å². The molecule has 0 aliphatic carbocycles. The molecule has 218 valence electrons. The first-order valence-corrected chi connectivity index (χ1v) is 14.0. The Hall–Kier alpha value is -4.63. The van der Waals surface area contributed by atoms with Crippen LogP contribution < -0.4 is 25.0 Å². The van der Waals surface area contributed by atoms with E-state index in [-0.39, 0.29) is 17.9 Å². The van der Waals surface area contributed by atoms with Crippen molar-refractivity contribution in [3.05, 3.63) is 108 Å². The molecule has 0 saturated carbocycles. The summed E-state index contributed by atoms with van der Waals surface area (Å²) in [5.41, 5.74) is 4.96. The minimum absolute atomic E-state index is 0.0216. The number of methoxy groups -OCH3 is 2. The number of para-hydroxylation sites is 1. The first-order valence-electron chi connectivity index (χ1n) is 14.0. The normalized spacial score (nSPS) is 14.5. The molecule has 2 N–H and O–H groups in total. The van der Waals surface area contributed by atoms with E-state index in [0.29, 0.717) is 42.5 Å². The summed E-state index contributed by atoms with van der Waals surface area (Å²) in [7, 11) is 5.19. The molecule has 2 heterocycles. The van der Waals surface area contributed by atoms with Gasteiger partial charge in [0, 0.05) is 44.6 Å². The highest BCUT2D eigenvalue weighted by atomic mass is 19.1. The van der Waals surface area contributed by atoms with Gasteiger partial charge >= 0.3 is 6.03 Å². The molecule has 2 amide bonds. The summed E-state index contributed by atoms with van der Waals surface area (Å²) < 4.78 is 24.8. The van der Waals surface area contributed by atoms with Crippen molar-refractivity contribution < 1.29 is 18.7 Å². The van der Waals surface area contributed by atoms with Gasteiger partial charge < -0.3 is 25.0 Å². The number of carbonyl (C=O) groups is 1. The average Bonchev–Trinajstić information content (AvgIpc) is 3.02. The molecule has 42 heavy (non-hydrogen) atoms. The van der Waals surface area contributed by atoms with Crippen molar-refractivity contribution in [2.45, 2.75) is 18.9 Å². The Kier molecular flexibility index (Phi) is 9.18. The second-order valence-corrected chi connectivity index (χ2v) is 10.2. The Labute approximate surface area is 246 Å². The number of anilines is 3. The van der Waals surface area contributed by atoms with Crippen molar-refractivity contribution in [3.8, 4) is 11.5 Å². The van der Waals surface area contributed by atoms with E-state index in [0.717, 1.165) is 29.8 Å². The van der Waals surface area contributed by atoms with Crippen molar-refractivity contribution in [2.24, 2.45) is 0 Å². The number of hydrogen-bond acceptors (Lipinski definition) is 6. The van der Waals surface area contributed by atoms with Gasteiger partial charge in [0.15, 0.2) is 17.3 Å². The third-order valence-corrected chi connectivity index (χ3v) is 7.64. The maximum atomic E-state index is 13.6. The van der Waals surface area contributed by atoms with Crippen LogP contribution in [0.1, 0.15) is 22.7 Å². The smallest absolute Gasteiger partial charge is 0.319 e. The van der Waals surface area contributed by atoms with Gasteiger partial charge in [-0.05, 0) is 78.1 Å².